The Labute approximate surface area is 105 Å². The molecule has 0 bridgehead atoms. The molecule has 2 rings (SSSR count). The smallest absolute Gasteiger partial charge is 0.197 e. The number of thioether (sulfide) groups is 1. The van der Waals surface area contributed by atoms with E-state index < -0.39 is 11.6 Å². The van der Waals surface area contributed by atoms with Crippen LogP contribution in [0.15, 0.2) is 29.3 Å². The van der Waals surface area contributed by atoms with Gasteiger partial charge in [-0.05, 0) is 12.1 Å². The number of thiazole rings is 1. The van der Waals surface area contributed by atoms with Crippen LogP contribution < -0.4 is 11.3 Å². The van der Waals surface area contributed by atoms with Gasteiger partial charge in [0.15, 0.2) is 5.13 Å². The molecule has 0 atom stereocenters. The Morgan fingerprint density at radius 3 is 2.88 bits per heavy atom. The molecule has 1 aromatic heterocycles. The van der Waals surface area contributed by atoms with Crippen LogP contribution in [0.2, 0.25) is 0 Å². The van der Waals surface area contributed by atoms with Crippen molar-refractivity contribution in [1.29, 1.82) is 0 Å². The molecule has 90 valence electrons. The van der Waals surface area contributed by atoms with E-state index in [0.717, 1.165) is 10.9 Å². The minimum atomic E-state index is -0.570. The van der Waals surface area contributed by atoms with Crippen LogP contribution in [0.4, 0.5) is 13.9 Å². The maximum atomic E-state index is 13.3. The van der Waals surface area contributed by atoms with Crippen LogP contribution >= 0.6 is 23.1 Å². The highest BCUT2D eigenvalue weighted by Gasteiger charge is 2.06. The van der Waals surface area contributed by atoms with Crippen LogP contribution in [0.3, 0.4) is 0 Å². The monoisotopic (exact) mass is 273 g/mol. The number of nitrogens with zero attached hydrogens (tertiary/aromatic N) is 1. The number of benzene rings is 1. The van der Waals surface area contributed by atoms with Gasteiger partial charge >= 0.3 is 0 Å². The molecule has 0 aliphatic rings. The second-order valence-electron chi connectivity index (χ2n) is 3.14. The van der Waals surface area contributed by atoms with Gasteiger partial charge in [-0.1, -0.05) is 0 Å². The van der Waals surface area contributed by atoms with E-state index in [1.807, 2.05) is 0 Å². The van der Waals surface area contributed by atoms with Gasteiger partial charge in [-0.3, -0.25) is 5.43 Å². The van der Waals surface area contributed by atoms with Crippen LogP contribution in [-0.4, -0.2) is 4.98 Å². The van der Waals surface area contributed by atoms with Crippen LogP contribution in [-0.2, 0) is 5.75 Å². The van der Waals surface area contributed by atoms with Gasteiger partial charge in [0.05, 0.1) is 0 Å². The van der Waals surface area contributed by atoms with Gasteiger partial charge in [0, 0.05) is 27.8 Å². The fourth-order valence-corrected chi connectivity index (χ4v) is 2.85. The molecule has 2 aromatic rings. The SMILES string of the molecule is NNc1ncc(CSc2ccc(F)cc2F)s1. The lowest BCUT2D eigenvalue weighted by atomic mass is 10.3. The lowest BCUT2D eigenvalue weighted by Crippen LogP contribution is -2.05. The third-order valence-electron chi connectivity index (χ3n) is 1.94. The van der Waals surface area contributed by atoms with Crippen LogP contribution in [0.1, 0.15) is 4.88 Å². The fourth-order valence-electron chi connectivity index (χ4n) is 1.18. The van der Waals surface area contributed by atoms with Crippen LogP contribution in [0.5, 0.6) is 0 Å². The van der Waals surface area contributed by atoms with Crippen molar-refractivity contribution in [3.8, 4) is 0 Å². The molecule has 17 heavy (non-hydrogen) atoms. The molecule has 0 amide bonds. The number of hydrazine groups is 1. The number of halogens is 2. The van der Waals surface area contributed by atoms with E-state index in [0.29, 0.717) is 15.8 Å². The largest absolute Gasteiger partial charge is 0.300 e. The Morgan fingerprint density at radius 2 is 2.24 bits per heavy atom. The molecule has 7 heteroatoms. The van der Waals surface area contributed by atoms with E-state index in [2.05, 4.69) is 10.4 Å². The first-order valence-electron chi connectivity index (χ1n) is 4.68. The predicted octanol–water partition coefficient (Wildman–Crippen LogP) is 3.00. The topological polar surface area (TPSA) is 50.9 Å². The van der Waals surface area contributed by atoms with Crippen molar-refractivity contribution in [3.05, 3.63) is 40.9 Å². The first-order chi connectivity index (χ1) is 8.19. The molecule has 0 saturated heterocycles. The van der Waals surface area contributed by atoms with Gasteiger partial charge in [-0.15, -0.1) is 23.1 Å². The normalized spacial score (nSPS) is 10.5. The lowest BCUT2D eigenvalue weighted by molar-refractivity contribution is 0.565. The summed E-state index contributed by atoms with van der Waals surface area (Å²) in [4.78, 5) is 5.38. The number of nitrogens with two attached hydrogens (primary N) is 1. The van der Waals surface area contributed by atoms with Gasteiger partial charge in [-0.2, -0.15) is 0 Å². The second-order valence-corrected chi connectivity index (χ2v) is 5.27. The molecular weight excluding hydrogens is 264 g/mol. The number of hydrogen-bond acceptors (Lipinski definition) is 5. The van der Waals surface area contributed by atoms with Crippen molar-refractivity contribution in [3.63, 3.8) is 0 Å². The number of rotatable bonds is 4. The summed E-state index contributed by atoms with van der Waals surface area (Å²) >= 11 is 2.69. The van der Waals surface area contributed by atoms with E-state index in [-0.39, 0.29) is 0 Å². The summed E-state index contributed by atoms with van der Waals surface area (Å²) in [5.41, 5.74) is 2.44. The van der Waals surface area contributed by atoms with Gasteiger partial charge in [0.25, 0.3) is 0 Å². The molecule has 0 aliphatic heterocycles. The summed E-state index contributed by atoms with van der Waals surface area (Å²) < 4.78 is 26.0. The van der Waals surface area contributed by atoms with E-state index in [1.54, 1.807) is 6.20 Å². The molecule has 0 saturated carbocycles. The molecule has 0 spiro atoms. The summed E-state index contributed by atoms with van der Waals surface area (Å²) in [5, 5.41) is 0.611. The van der Waals surface area contributed by atoms with Crippen molar-refractivity contribution in [1.82, 2.24) is 4.98 Å². The molecule has 3 N–H and O–H groups in total. The quantitative estimate of drug-likeness (QED) is 0.511. The first-order valence-corrected chi connectivity index (χ1v) is 6.48. The van der Waals surface area contributed by atoms with Gasteiger partial charge in [-0.25, -0.2) is 19.6 Å². The Kier molecular flexibility index (Phi) is 3.93. The Bertz CT molecular complexity index is 516. The summed E-state index contributed by atoms with van der Waals surface area (Å²) in [6.45, 7) is 0. The molecule has 1 aromatic carbocycles. The number of nitrogen functional groups attached to an aromatic ring is 1. The second kappa shape index (κ2) is 5.44. The van der Waals surface area contributed by atoms with Gasteiger partial charge < -0.3 is 0 Å². The van der Waals surface area contributed by atoms with E-state index in [4.69, 9.17) is 5.84 Å². The van der Waals surface area contributed by atoms with Gasteiger partial charge in [0.1, 0.15) is 11.6 Å². The minimum absolute atomic E-state index is 0.419. The summed E-state index contributed by atoms with van der Waals surface area (Å²) in [6, 6.07) is 3.55. The molecule has 0 unspecified atom stereocenters. The number of hydrogen-bond donors (Lipinski definition) is 2. The van der Waals surface area contributed by atoms with Gasteiger partial charge in [0.2, 0.25) is 0 Å². The number of aromatic nitrogens is 1. The first kappa shape index (κ1) is 12.3. The summed E-state index contributed by atoms with van der Waals surface area (Å²) in [6.07, 6.45) is 1.67. The standard InChI is InChI=1S/C10H9F2N3S2/c11-6-1-2-9(8(12)3-6)16-5-7-4-14-10(15-13)17-7/h1-4H,5,13H2,(H,14,15). The Hall–Kier alpha value is -1.18. The van der Waals surface area contributed by atoms with E-state index >= 15 is 0 Å². The molecular formula is C10H9F2N3S2. The molecule has 3 nitrogen and oxygen atoms in total. The zero-order valence-electron chi connectivity index (χ0n) is 8.61. The maximum Gasteiger partial charge on any atom is 0.197 e. The lowest BCUT2D eigenvalue weighted by Gasteiger charge is -2.01. The molecule has 0 radical (unpaired) electrons. The number of nitrogens with one attached hydrogen (secondary N) is 1. The zero-order valence-corrected chi connectivity index (χ0v) is 10.2. The van der Waals surface area contributed by atoms with Crippen molar-refractivity contribution in [2.24, 2.45) is 5.84 Å². The summed E-state index contributed by atoms with van der Waals surface area (Å²) in [7, 11) is 0. The zero-order chi connectivity index (χ0) is 12.3. The van der Waals surface area contributed by atoms with Crippen molar-refractivity contribution in [2.45, 2.75) is 10.6 Å². The average Bonchev–Trinajstić information content (AvgIpc) is 2.76. The van der Waals surface area contributed by atoms with Crippen molar-refractivity contribution >= 4 is 28.2 Å². The highest BCUT2D eigenvalue weighted by Crippen LogP contribution is 2.29. The van der Waals surface area contributed by atoms with E-state index in [1.165, 1.54) is 35.2 Å². The highest BCUT2D eigenvalue weighted by molar-refractivity contribution is 7.98. The number of anilines is 1. The van der Waals surface area contributed by atoms with E-state index in [9.17, 15) is 8.78 Å². The predicted molar refractivity (Wildman–Crippen MR) is 65.8 cm³/mol. The summed E-state index contributed by atoms with van der Waals surface area (Å²) in [5.74, 6) is 4.66. The maximum absolute atomic E-state index is 13.3. The molecule has 0 fully saturated rings. The molecule has 0 aliphatic carbocycles. The van der Waals surface area contributed by atoms with Crippen LogP contribution in [0, 0.1) is 11.6 Å². The fraction of sp³-hybridized carbons (Fsp3) is 0.100. The average molecular weight is 273 g/mol. The van der Waals surface area contributed by atoms with Crippen LogP contribution in [0.25, 0.3) is 0 Å². The molecule has 1 heterocycles. The van der Waals surface area contributed by atoms with Crippen molar-refractivity contribution < 1.29 is 8.78 Å². The Balaban J connectivity index is 2.02. The third kappa shape index (κ3) is 3.15. The third-order valence-corrected chi connectivity index (χ3v) is 4.15. The highest BCUT2D eigenvalue weighted by atomic mass is 32.2. The van der Waals surface area contributed by atoms with Crippen molar-refractivity contribution in [2.75, 3.05) is 5.43 Å². The minimum Gasteiger partial charge on any atom is -0.300 e. The Morgan fingerprint density at radius 1 is 1.41 bits per heavy atom.